The Bertz CT molecular complexity index is 868. The van der Waals surface area contributed by atoms with Gasteiger partial charge in [0.25, 0.3) is 0 Å². The molecule has 0 spiro atoms. The van der Waals surface area contributed by atoms with Crippen LogP contribution in [0.2, 0.25) is 0 Å². The van der Waals surface area contributed by atoms with Crippen LogP contribution in [-0.2, 0) is 21.4 Å². The summed E-state index contributed by atoms with van der Waals surface area (Å²) in [5.41, 5.74) is 1.10. The number of anilines is 1. The molecule has 0 aliphatic carbocycles. The molecule has 0 saturated carbocycles. The van der Waals surface area contributed by atoms with Crippen molar-refractivity contribution in [2.45, 2.75) is 24.8 Å². The first-order valence-corrected chi connectivity index (χ1v) is 9.76. The number of rotatable bonds is 8. The molecule has 0 aromatic heterocycles. The van der Waals surface area contributed by atoms with Gasteiger partial charge in [-0.2, -0.15) is 0 Å². The van der Waals surface area contributed by atoms with Gasteiger partial charge in [0.2, 0.25) is 15.9 Å². The zero-order valence-corrected chi connectivity index (χ0v) is 15.4. The van der Waals surface area contributed by atoms with Crippen LogP contribution in [0.1, 0.15) is 18.9 Å². The number of hydrogen-bond donors (Lipinski definition) is 3. The molecule has 0 saturated heterocycles. The highest BCUT2D eigenvalue weighted by atomic mass is 32.2. The molecule has 1 amide bonds. The van der Waals surface area contributed by atoms with Gasteiger partial charge in [-0.3, -0.25) is 9.69 Å². The molecule has 0 aliphatic heterocycles. The van der Waals surface area contributed by atoms with Gasteiger partial charge in [0, 0.05) is 17.8 Å². The standard InChI is InChI=1S/C18H23N3O4S/c1-2-10-21(12-14-6-3-4-9-17(14)22)13-18(23)20-15-7-5-8-16(11-15)26(19,24)25/h3-9,11,22H,2,10,12-13H2,1H3,(H,20,23)(H2,19,24,25). The highest BCUT2D eigenvalue weighted by Crippen LogP contribution is 2.18. The SMILES string of the molecule is CCCN(CC(=O)Nc1cccc(S(N)(=O)=O)c1)Cc1ccccc1O. The lowest BCUT2D eigenvalue weighted by atomic mass is 10.2. The van der Waals surface area contributed by atoms with E-state index in [0.717, 1.165) is 12.0 Å². The van der Waals surface area contributed by atoms with E-state index >= 15 is 0 Å². The van der Waals surface area contributed by atoms with Crippen molar-refractivity contribution < 1.29 is 18.3 Å². The molecule has 0 aliphatic rings. The smallest absolute Gasteiger partial charge is 0.238 e. The summed E-state index contributed by atoms with van der Waals surface area (Å²) in [7, 11) is -3.83. The largest absolute Gasteiger partial charge is 0.508 e. The first-order chi connectivity index (χ1) is 12.3. The van der Waals surface area contributed by atoms with Crippen molar-refractivity contribution in [3.05, 3.63) is 54.1 Å². The van der Waals surface area contributed by atoms with Crippen LogP contribution in [0.4, 0.5) is 5.69 Å². The zero-order valence-electron chi connectivity index (χ0n) is 14.6. The highest BCUT2D eigenvalue weighted by molar-refractivity contribution is 7.89. The summed E-state index contributed by atoms with van der Waals surface area (Å²) in [4.78, 5) is 14.2. The number of primary sulfonamides is 1. The van der Waals surface area contributed by atoms with Crippen molar-refractivity contribution in [3.63, 3.8) is 0 Å². The number of phenolic OH excluding ortho intramolecular Hbond substituents is 1. The maximum absolute atomic E-state index is 12.3. The molecule has 140 valence electrons. The van der Waals surface area contributed by atoms with Gasteiger partial charge in [-0.05, 0) is 37.2 Å². The van der Waals surface area contributed by atoms with E-state index in [9.17, 15) is 18.3 Å². The number of sulfonamides is 1. The average molecular weight is 377 g/mol. The Hall–Kier alpha value is -2.42. The van der Waals surface area contributed by atoms with E-state index in [0.29, 0.717) is 18.8 Å². The summed E-state index contributed by atoms with van der Waals surface area (Å²) in [5, 5.41) is 17.7. The minimum absolute atomic E-state index is 0.0603. The lowest BCUT2D eigenvalue weighted by molar-refractivity contribution is -0.117. The fourth-order valence-corrected chi connectivity index (χ4v) is 3.13. The molecular formula is C18H23N3O4S. The average Bonchev–Trinajstić information content (AvgIpc) is 2.56. The molecular weight excluding hydrogens is 354 g/mol. The van der Waals surface area contributed by atoms with E-state index in [4.69, 9.17) is 5.14 Å². The van der Waals surface area contributed by atoms with Crippen molar-refractivity contribution >= 4 is 21.6 Å². The Kier molecular flexibility index (Phi) is 6.73. The molecule has 4 N–H and O–H groups in total. The van der Waals surface area contributed by atoms with E-state index in [1.165, 1.54) is 18.2 Å². The van der Waals surface area contributed by atoms with Crippen LogP contribution < -0.4 is 10.5 Å². The minimum Gasteiger partial charge on any atom is -0.508 e. The van der Waals surface area contributed by atoms with Crippen molar-refractivity contribution in [2.75, 3.05) is 18.4 Å². The van der Waals surface area contributed by atoms with Crippen molar-refractivity contribution in [2.24, 2.45) is 5.14 Å². The molecule has 2 aromatic rings. The minimum atomic E-state index is -3.83. The third kappa shape index (κ3) is 5.83. The molecule has 0 radical (unpaired) electrons. The number of nitrogens with two attached hydrogens (primary N) is 1. The maximum Gasteiger partial charge on any atom is 0.238 e. The summed E-state index contributed by atoms with van der Waals surface area (Å²) in [6.45, 7) is 3.23. The maximum atomic E-state index is 12.3. The molecule has 0 bridgehead atoms. The number of benzene rings is 2. The zero-order chi connectivity index (χ0) is 19.2. The van der Waals surface area contributed by atoms with Gasteiger partial charge in [0.1, 0.15) is 5.75 Å². The Labute approximate surface area is 153 Å². The van der Waals surface area contributed by atoms with E-state index in [-0.39, 0.29) is 23.1 Å². The number of nitrogens with zero attached hydrogens (tertiary/aromatic N) is 1. The van der Waals surface area contributed by atoms with Gasteiger partial charge >= 0.3 is 0 Å². The molecule has 7 nitrogen and oxygen atoms in total. The second-order valence-electron chi connectivity index (χ2n) is 5.96. The first kappa shape index (κ1) is 19.9. The fourth-order valence-electron chi connectivity index (χ4n) is 2.57. The van der Waals surface area contributed by atoms with Gasteiger partial charge in [0.15, 0.2) is 0 Å². The fraction of sp³-hybridized carbons (Fsp3) is 0.278. The van der Waals surface area contributed by atoms with Crippen LogP contribution in [0.3, 0.4) is 0 Å². The van der Waals surface area contributed by atoms with Crippen LogP contribution in [-0.4, -0.2) is 37.4 Å². The number of carbonyl (C=O) groups is 1. The predicted octanol–water partition coefficient (Wildman–Crippen LogP) is 1.89. The summed E-state index contributed by atoms with van der Waals surface area (Å²) in [5.74, 6) is -0.0877. The number of hydrogen-bond acceptors (Lipinski definition) is 5. The van der Waals surface area contributed by atoms with Gasteiger partial charge in [-0.15, -0.1) is 0 Å². The number of carbonyl (C=O) groups excluding carboxylic acids is 1. The van der Waals surface area contributed by atoms with Crippen LogP contribution in [0.25, 0.3) is 0 Å². The second-order valence-corrected chi connectivity index (χ2v) is 7.52. The molecule has 2 rings (SSSR count). The Morgan fingerprint density at radius 2 is 1.92 bits per heavy atom. The summed E-state index contributed by atoms with van der Waals surface area (Å²) in [6, 6.07) is 12.8. The Balaban J connectivity index is 2.05. The number of nitrogens with one attached hydrogen (secondary N) is 1. The van der Waals surface area contributed by atoms with Crippen molar-refractivity contribution in [1.29, 1.82) is 0 Å². The third-order valence-corrected chi connectivity index (χ3v) is 4.65. The number of para-hydroxylation sites is 1. The summed E-state index contributed by atoms with van der Waals surface area (Å²) in [6.07, 6.45) is 0.849. The number of aromatic hydroxyl groups is 1. The topological polar surface area (TPSA) is 113 Å². The van der Waals surface area contributed by atoms with E-state index in [2.05, 4.69) is 5.32 Å². The van der Waals surface area contributed by atoms with Crippen molar-refractivity contribution in [1.82, 2.24) is 4.90 Å². The van der Waals surface area contributed by atoms with E-state index in [1.54, 1.807) is 18.2 Å². The molecule has 26 heavy (non-hydrogen) atoms. The Morgan fingerprint density at radius 1 is 1.19 bits per heavy atom. The van der Waals surface area contributed by atoms with Crippen LogP contribution >= 0.6 is 0 Å². The third-order valence-electron chi connectivity index (χ3n) is 3.74. The lowest BCUT2D eigenvalue weighted by Crippen LogP contribution is -2.33. The molecule has 2 aromatic carbocycles. The molecule has 0 unspecified atom stereocenters. The van der Waals surface area contributed by atoms with E-state index in [1.807, 2.05) is 24.0 Å². The summed E-state index contributed by atoms with van der Waals surface area (Å²) < 4.78 is 22.8. The Morgan fingerprint density at radius 3 is 2.58 bits per heavy atom. The number of phenols is 1. The molecule has 0 atom stereocenters. The van der Waals surface area contributed by atoms with E-state index < -0.39 is 10.0 Å². The quantitative estimate of drug-likeness (QED) is 0.650. The second kappa shape index (κ2) is 8.79. The van der Waals surface area contributed by atoms with Crippen molar-refractivity contribution in [3.8, 4) is 5.75 Å². The summed E-state index contributed by atoms with van der Waals surface area (Å²) >= 11 is 0. The van der Waals surface area contributed by atoms with Gasteiger partial charge < -0.3 is 10.4 Å². The van der Waals surface area contributed by atoms with Gasteiger partial charge in [0.05, 0.1) is 11.4 Å². The van der Waals surface area contributed by atoms with Gasteiger partial charge in [-0.25, -0.2) is 13.6 Å². The number of amides is 1. The van der Waals surface area contributed by atoms with Crippen LogP contribution in [0.5, 0.6) is 5.75 Å². The van der Waals surface area contributed by atoms with Gasteiger partial charge in [-0.1, -0.05) is 31.2 Å². The van der Waals surface area contributed by atoms with Crippen LogP contribution in [0.15, 0.2) is 53.4 Å². The lowest BCUT2D eigenvalue weighted by Gasteiger charge is -2.21. The predicted molar refractivity (Wildman–Crippen MR) is 100 cm³/mol. The highest BCUT2D eigenvalue weighted by Gasteiger charge is 2.14. The molecule has 0 fully saturated rings. The molecule has 0 heterocycles. The molecule has 8 heteroatoms. The monoisotopic (exact) mass is 377 g/mol. The normalized spacial score (nSPS) is 11.5. The first-order valence-electron chi connectivity index (χ1n) is 8.21. The van der Waals surface area contributed by atoms with Crippen LogP contribution in [0, 0.1) is 0 Å².